The minimum absolute atomic E-state index is 0.130. The molecule has 0 unspecified atom stereocenters. The summed E-state index contributed by atoms with van der Waals surface area (Å²) in [4.78, 5) is 3.87. The highest BCUT2D eigenvalue weighted by atomic mass is 32.1. The summed E-state index contributed by atoms with van der Waals surface area (Å²) >= 11 is 4.69. The van der Waals surface area contributed by atoms with E-state index in [0.717, 1.165) is 12.8 Å². The molecule has 0 saturated heterocycles. The largest absolute Gasteiger partial charge is 0.405 e. The maximum atomic E-state index is 12.0. The average molecular weight is 306 g/mol. The molecule has 1 heterocycles. The van der Waals surface area contributed by atoms with Gasteiger partial charge in [-0.05, 0) is 25.1 Å². The molecule has 1 aromatic heterocycles. The zero-order valence-electron chi connectivity index (χ0n) is 10.4. The van der Waals surface area contributed by atoms with Crippen LogP contribution in [0.2, 0.25) is 0 Å². The van der Waals surface area contributed by atoms with Gasteiger partial charge in [0.15, 0.2) is 5.11 Å². The summed E-state index contributed by atoms with van der Waals surface area (Å²) in [5, 5.41) is 16.7. The van der Waals surface area contributed by atoms with Crippen LogP contribution in [0.25, 0.3) is 0 Å². The molecule has 0 atom stereocenters. The van der Waals surface area contributed by atoms with E-state index in [1.165, 1.54) is 11.0 Å². The topological polar surface area (TPSA) is 78.6 Å². The fraction of sp³-hybridized carbons (Fsp3) is 0.600. The van der Waals surface area contributed by atoms with Crippen molar-refractivity contribution in [1.82, 2.24) is 20.1 Å². The van der Waals surface area contributed by atoms with Crippen LogP contribution in [0.1, 0.15) is 19.3 Å². The van der Waals surface area contributed by atoms with Crippen molar-refractivity contribution in [2.45, 2.75) is 32.0 Å². The maximum absolute atomic E-state index is 12.0. The van der Waals surface area contributed by atoms with Gasteiger partial charge < -0.3 is 5.32 Å². The number of aryl methyl sites for hydroxylation is 1. The summed E-state index contributed by atoms with van der Waals surface area (Å²) in [6, 6.07) is 2.04. The second-order valence-electron chi connectivity index (χ2n) is 3.87. The first-order valence-corrected chi connectivity index (χ1v) is 6.19. The SMILES string of the molecule is N#CCCCCn1cnc(NC(=S)NCC(F)(F)F)n1. The lowest BCUT2D eigenvalue weighted by Crippen LogP contribution is -2.36. The van der Waals surface area contributed by atoms with Gasteiger partial charge in [0.1, 0.15) is 12.9 Å². The van der Waals surface area contributed by atoms with Gasteiger partial charge in [-0.25, -0.2) is 4.98 Å². The molecule has 1 aromatic rings. The molecule has 0 saturated carbocycles. The molecule has 0 aliphatic rings. The standard InChI is InChI=1S/C10H13F3N6S/c11-10(12,13)6-15-9(20)17-8-16-7-19(18-8)5-3-1-2-4-14/h7H,1-3,5-6H2,(H2,15,17,18,20). The highest BCUT2D eigenvalue weighted by molar-refractivity contribution is 7.80. The fourth-order valence-corrected chi connectivity index (χ4v) is 1.43. The van der Waals surface area contributed by atoms with Crippen molar-refractivity contribution in [3.63, 3.8) is 0 Å². The van der Waals surface area contributed by atoms with E-state index in [1.54, 1.807) is 0 Å². The molecule has 6 nitrogen and oxygen atoms in total. The average Bonchev–Trinajstić information content (AvgIpc) is 2.79. The highest BCUT2D eigenvalue weighted by Gasteiger charge is 2.27. The smallest absolute Gasteiger partial charge is 0.353 e. The number of nitriles is 1. The Hall–Kier alpha value is -1.89. The Bertz CT molecular complexity index is 478. The molecule has 0 amide bonds. The normalized spacial score (nSPS) is 10.9. The van der Waals surface area contributed by atoms with Crippen LogP contribution in [-0.4, -0.2) is 32.6 Å². The van der Waals surface area contributed by atoms with E-state index in [4.69, 9.17) is 5.26 Å². The van der Waals surface area contributed by atoms with Crippen LogP contribution >= 0.6 is 12.2 Å². The number of alkyl halides is 3. The number of hydrogen-bond donors (Lipinski definition) is 2. The Morgan fingerprint density at radius 3 is 2.85 bits per heavy atom. The van der Waals surface area contributed by atoms with Gasteiger partial charge in [-0.15, -0.1) is 5.10 Å². The lowest BCUT2D eigenvalue weighted by atomic mass is 10.2. The third-order valence-corrected chi connectivity index (χ3v) is 2.38. The quantitative estimate of drug-likeness (QED) is 0.616. The summed E-state index contributed by atoms with van der Waals surface area (Å²) in [6.45, 7) is -0.632. The van der Waals surface area contributed by atoms with Crippen LogP contribution in [0.15, 0.2) is 6.33 Å². The molecule has 110 valence electrons. The zero-order chi connectivity index (χ0) is 15.0. The van der Waals surface area contributed by atoms with Crippen molar-refractivity contribution in [2.24, 2.45) is 0 Å². The molecule has 0 spiro atoms. The second-order valence-corrected chi connectivity index (χ2v) is 4.28. The number of hydrogen-bond acceptors (Lipinski definition) is 4. The number of anilines is 1. The summed E-state index contributed by atoms with van der Waals surface area (Å²) in [6.07, 6.45) is -0.886. The van der Waals surface area contributed by atoms with Crippen molar-refractivity contribution in [3.8, 4) is 6.07 Å². The third-order valence-electron chi connectivity index (χ3n) is 2.14. The van der Waals surface area contributed by atoms with E-state index in [9.17, 15) is 13.2 Å². The number of aromatic nitrogens is 3. The van der Waals surface area contributed by atoms with Crippen LogP contribution in [0.4, 0.5) is 19.1 Å². The zero-order valence-corrected chi connectivity index (χ0v) is 11.3. The van der Waals surface area contributed by atoms with Crippen molar-refractivity contribution in [1.29, 1.82) is 5.26 Å². The Labute approximate surface area is 119 Å². The molecule has 0 fully saturated rings. The highest BCUT2D eigenvalue weighted by Crippen LogP contribution is 2.12. The van der Waals surface area contributed by atoms with Crippen LogP contribution in [0, 0.1) is 11.3 Å². The van der Waals surface area contributed by atoms with Gasteiger partial charge in [0.25, 0.3) is 0 Å². The Kier molecular flexibility index (Phi) is 6.17. The molecule has 10 heteroatoms. The van der Waals surface area contributed by atoms with E-state index in [1.807, 2.05) is 11.4 Å². The predicted octanol–water partition coefficient (Wildman–Crippen LogP) is 1.82. The number of rotatable bonds is 6. The van der Waals surface area contributed by atoms with E-state index < -0.39 is 12.7 Å². The minimum Gasteiger partial charge on any atom is -0.353 e. The summed E-state index contributed by atoms with van der Waals surface area (Å²) in [7, 11) is 0. The van der Waals surface area contributed by atoms with Gasteiger partial charge >= 0.3 is 6.18 Å². The molecule has 1 rings (SSSR count). The molecule has 0 aromatic carbocycles. The van der Waals surface area contributed by atoms with Crippen LogP contribution < -0.4 is 10.6 Å². The first kappa shape index (κ1) is 16.2. The second kappa shape index (κ2) is 7.64. The Balaban J connectivity index is 2.32. The lowest BCUT2D eigenvalue weighted by Gasteiger charge is -2.10. The number of nitrogens with zero attached hydrogens (tertiary/aromatic N) is 4. The first-order chi connectivity index (χ1) is 9.40. The summed E-state index contributed by atoms with van der Waals surface area (Å²) < 4.78 is 37.4. The maximum Gasteiger partial charge on any atom is 0.405 e. The van der Waals surface area contributed by atoms with Crippen molar-refractivity contribution < 1.29 is 13.2 Å². The van der Waals surface area contributed by atoms with Gasteiger partial charge in [-0.3, -0.25) is 10.00 Å². The molecule has 0 bridgehead atoms. The van der Waals surface area contributed by atoms with E-state index in [0.29, 0.717) is 13.0 Å². The van der Waals surface area contributed by atoms with Gasteiger partial charge in [0, 0.05) is 13.0 Å². The first-order valence-electron chi connectivity index (χ1n) is 5.79. The summed E-state index contributed by atoms with van der Waals surface area (Å²) in [5.74, 6) is 0.130. The Morgan fingerprint density at radius 2 is 2.20 bits per heavy atom. The number of unbranched alkanes of at least 4 members (excludes halogenated alkanes) is 2. The third kappa shape index (κ3) is 6.89. The molecule has 0 aliphatic carbocycles. The monoisotopic (exact) mass is 306 g/mol. The lowest BCUT2D eigenvalue weighted by molar-refractivity contribution is -0.121. The molecule has 0 radical (unpaired) electrons. The number of thiocarbonyl (C=S) groups is 1. The molecular formula is C10H13F3N6S. The number of halogens is 3. The Morgan fingerprint density at radius 1 is 1.45 bits per heavy atom. The van der Waals surface area contributed by atoms with Gasteiger partial charge in [0.2, 0.25) is 5.95 Å². The van der Waals surface area contributed by atoms with Gasteiger partial charge in [-0.2, -0.15) is 18.4 Å². The molecular weight excluding hydrogens is 293 g/mol. The van der Waals surface area contributed by atoms with Gasteiger partial charge in [0.05, 0.1) is 6.07 Å². The molecule has 2 N–H and O–H groups in total. The van der Waals surface area contributed by atoms with Crippen LogP contribution in [-0.2, 0) is 6.54 Å². The van der Waals surface area contributed by atoms with E-state index in [2.05, 4.69) is 27.6 Å². The molecule has 20 heavy (non-hydrogen) atoms. The van der Waals surface area contributed by atoms with Crippen LogP contribution in [0.5, 0.6) is 0 Å². The minimum atomic E-state index is -4.33. The van der Waals surface area contributed by atoms with E-state index >= 15 is 0 Å². The van der Waals surface area contributed by atoms with Gasteiger partial charge in [-0.1, -0.05) is 0 Å². The summed E-state index contributed by atoms with van der Waals surface area (Å²) in [5.41, 5.74) is 0. The fourth-order valence-electron chi connectivity index (χ4n) is 1.26. The molecule has 0 aliphatic heterocycles. The van der Waals surface area contributed by atoms with Crippen molar-refractivity contribution in [3.05, 3.63) is 6.33 Å². The van der Waals surface area contributed by atoms with Crippen molar-refractivity contribution >= 4 is 23.3 Å². The van der Waals surface area contributed by atoms with E-state index in [-0.39, 0.29) is 11.1 Å². The van der Waals surface area contributed by atoms with Crippen molar-refractivity contribution in [2.75, 3.05) is 11.9 Å². The number of nitrogens with one attached hydrogen (secondary N) is 2. The predicted molar refractivity (Wildman–Crippen MR) is 69.8 cm³/mol. The van der Waals surface area contributed by atoms with Crippen LogP contribution in [0.3, 0.4) is 0 Å².